The predicted octanol–water partition coefficient (Wildman–Crippen LogP) is -0.966. The lowest BCUT2D eigenvalue weighted by Gasteiger charge is -1.93. The number of hydrogen-bond donors (Lipinski definition) is 0. The molecule has 62 valence electrons. The van der Waals surface area contributed by atoms with Crippen LogP contribution >= 0.6 is 11.6 Å². The van der Waals surface area contributed by atoms with Crippen LogP contribution in [0.4, 0.5) is 0 Å². The first-order chi connectivity index (χ1) is 4.33. The van der Waals surface area contributed by atoms with Crippen LogP contribution in [0.15, 0.2) is 24.3 Å². The Kier molecular flexibility index (Phi) is 7.41. The van der Waals surface area contributed by atoms with E-state index in [1.54, 1.807) is 0 Å². The second kappa shape index (κ2) is 6.22. The average Bonchev–Trinajstić information content (AvgIpc) is 1.90. The van der Waals surface area contributed by atoms with Crippen molar-refractivity contribution < 1.29 is 11.0 Å². The molecule has 0 spiro atoms. The molecular weight excluding hydrogens is 162 g/mol. The highest BCUT2D eigenvalue weighted by molar-refractivity contribution is 6.32. The van der Waals surface area contributed by atoms with Crippen molar-refractivity contribution in [3.05, 3.63) is 29.8 Å². The maximum atomic E-state index is 5.58. The van der Waals surface area contributed by atoms with Gasteiger partial charge < -0.3 is 11.0 Å². The third-order valence-electron chi connectivity index (χ3n) is 1.27. The van der Waals surface area contributed by atoms with Crippen molar-refractivity contribution in [3.63, 3.8) is 0 Å². The Morgan fingerprint density at radius 2 is 1.55 bits per heavy atom. The molecule has 4 heteroatoms. The van der Waals surface area contributed by atoms with Crippen LogP contribution in [0.25, 0.3) is 0 Å². The fourth-order valence-corrected chi connectivity index (χ4v) is 0.855. The van der Waals surface area contributed by atoms with Gasteiger partial charge in [0.2, 0.25) is 0 Å². The Balaban J connectivity index is 0. The molecule has 1 rings (SSSR count). The maximum absolute atomic E-state index is 5.58. The highest BCUT2D eigenvalue weighted by Gasteiger charge is 1.86. The number of benzene rings is 1. The van der Waals surface area contributed by atoms with Gasteiger partial charge in [-0.1, -0.05) is 29.7 Å². The van der Waals surface area contributed by atoms with Gasteiger partial charge in [-0.2, -0.15) is 0 Å². The zero-order valence-electron chi connectivity index (χ0n) is 6.39. The molecule has 1 aromatic carbocycles. The summed E-state index contributed by atoms with van der Waals surface area (Å²) >= 11 is 5.58. The highest BCUT2D eigenvalue weighted by Crippen LogP contribution is 1.99. The molecule has 0 saturated carbocycles. The van der Waals surface area contributed by atoms with Crippen molar-refractivity contribution >= 4 is 24.9 Å². The molecule has 0 unspecified atom stereocenters. The molecule has 0 saturated heterocycles. The molecule has 0 aliphatic rings. The first kappa shape index (κ1) is 13.1. The van der Waals surface area contributed by atoms with E-state index in [0.29, 0.717) is 5.88 Å². The van der Waals surface area contributed by atoms with Crippen molar-refractivity contribution in [1.82, 2.24) is 0 Å². The van der Waals surface area contributed by atoms with Gasteiger partial charge in [-0.15, -0.1) is 11.6 Å². The molecule has 4 N–H and O–H groups in total. The van der Waals surface area contributed by atoms with Crippen molar-refractivity contribution in [3.8, 4) is 0 Å². The van der Waals surface area contributed by atoms with Crippen LogP contribution in [0, 0.1) is 0 Å². The third-order valence-corrected chi connectivity index (χ3v) is 1.58. The number of rotatable bonds is 1. The highest BCUT2D eigenvalue weighted by atomic mass is 35.5. The Labute approximate surface area is 72.2 Å². The summed E-state index contributed by atoms with van der Waals surface area (Å²) in [4.78, 5) is 0. The first-order valence-electron chi connectivity index (χ1n) is 2.94. The Morgan fingerprint density at radius 1 is 1.09 bits per heavy atom. The second-order valence-corrected chi connectivity index (χ2v) is 2.39. The first-order valence-corrected chi connectivity index (χ1v) is 3.48. The lowest BCUT2D eigenvalue weighted by molar-refractivity contribution is 0.823. The van der Waals surface area contributed by atoms with Gasteiger partial charge >= 0.3 is 0 Å². The molecule has 0 aromatic heterocycles. The summed E-state index contributed by atoms with van der Waals surface area (Å²) in [6.45, 7) is 0. The Hall–Kier alpha value is -0.505. The monoisotopic (exact) mass is 174 g/mol. The quantitative estimate of drug-likeness (QED) is 0.389. The van der Waals surface area contributed by atoms with Crippen molar-refractivity contribution in [2.24, 2.45) is 0 Å². The number of hydrogen-bond acceptors (Lipinski definition) is 0. The van der Waals surface area contributed by atoms with Gasteiger partial charge in [-0.3, -0.25) is 0 Å². The van der Waals surface area contributed by atoms with Crippen LogP contribution in [0.2, 0.25) is 0 Å². The normalized spacial score (nSPS) is 7.73. The summed E-state index contributed by atoms with van der Waals surface area (Å²) < 4.78 is 0. The van der Waals surface area contributed by atoms with E-state index >= 15 is 0 Å². The second-order valence-electron chi connectivity index (χ2n) is 2.12. The molecule has 11 heavy (non-hydrogen) atoms. The van der Waals surface area contributed by atoms with Gasteiger partial charge in [0.15, 0.2) is 0 Å². The zero-order chi connectivity index (χ0) is 6.69. The lowest BCUT2D eigenvalue weighted by Crippen LogP contribution is -1.99. The third kappa shape index (κ3) is 4.04. The van der Waals surface area contributed by atoms with Gasteiger partial charge in [0.1, 0.15) is 7.85 Å². The van der Waals surface area contributed by atoms with E-state index in [0.717, 1.165) is 0 Å². The Bertz CT molecular complexity index is 188. The van der Waals surface area contributed by atoms with Gasteiger partial charge in [0, 0.05) is 5.88 Å². The van der Waals surface area contributed by atoms with Crippen molar-refractivity contribution in [2.75, 3.05) is 0 Å². The molecule has 0 bridgehead atoms. The van der Waals surface area contributed by atoms with Crippen LogP contribution in [0.5, 0.6) is 0 Å². The predicted molar refractivity (Wildman–Crippen MR) is 51.4 cm³/mol. The topological polar surface area (TPSA) is 63.0 Å². The van der Waals surface area contributed by atoms with E-state index < -0.39 is 0 Å². The van der Waals surface area contributed by atoms with E-state index in [4.69, 9.17) is 11.6 Å². The lowest BCUT2D eigenvalue weighted by atomic mass is 9.96. The molecule has 0 heterocycles. The average molecular weight is 174 g/mol. The van der Waals surface area contributed by atoms with E-state index in [-0.39, 0.29) is 11.0 Å². The smallest absolute Gasteiger partial charge is 0.139 e. The van der Waals surface area contributed by atoms with Crippen LogP contribution < -0.4 is 5.46 Å². The summed E-state index contributed by atoms with van der Waals surface area (Å²) in [6, 6.07) is 8.22. The summed E-state index contributed by atoms with van der Waals surface area (Å²) in [6.07, 6.45) is 0. The van der Waals surface area contributed by atoms with Gasteiger partial charge in [0.25, 0.3) is 0 Å². The van der Waals surface area contributed by atoms with Crippen LogP contribution in [-0.2, 0) is 5.88 Å². The molecule has 2 nitrogen and oxygen atoms in total. The summed E-state index contributed by atoms with van der Waals surface area (Å²) in [7, 11) is 2.07. The standard InChI is InChI=1S/C7H8BCl.2H2O/c8-7-3-1-6(5-9)2-4-7;;/h1-4H,5,8H2;2*1H2. The van der Waals surface area contributed by atoms with Crippen LogP contribution in [-0.4, -0.2) is 18.8 Å². The molecule has 0 fully saturated rings. The van der Waals surface area contributed by atoms with Crippen molar-refractivity contribution in [1.29, 1.82) is 0 Å². The summed E-state index contributed by atoms with van der Waals surface area (Å²) in [5, 5.41) is 0. The summed E-state index contributed by atoms with van der Waals surface area (Å²) in [5.41, 5.74) is 2.46. The minimum Gasteiger partial charge on any atom is -0.412 e. The molecule has 0 atom stereocenters. The number of halogens is 1. The molecular formula is C7H12BClO2. The Morgan fingerprint density at radius 3 is 1.91 bits per heavy atom. The van der Waals surface area contributed by atoms with Crippen molar-refractivity contribution in [2.45, 2.75) is 5.88 Å². The summed E-state index contributed by atoms with van der Waals surface area (Å²) in [5.74, 6) is 0.611. The van der Waals surface area contributed by atoms with E-state index in [1.807, 2.05) is 12.1 Å². The maximum Gasteiger partial charge on any atom is 0.139 e. The van der Waals surface area contributed by atoms with Crippen LogP contribution in [0.1, 0.15) is 5.56 Å². The van der Waals surface area contributed by atoms with Gasteiger partial charge in [-0.25, -0.2) is 0 Å². The molecule has 0 aliphatic heterocycles. The van der Waals surface area contributed by atoms with Gasteiger partial charge in [-0.05, 0) is 5.56 Å². The fourth-order valence-electron chi connectivity index (χ4n) is 0.677. The molecule has 0 radical (unpaired) electrons. The fraction of sp³-hybridized carbons (Fsp3) is 0.143. The van der Waals surface area contributed by atoms with Crippen LogP contribution in [0.3, 0.4) is 0 Å². The molecule has 0 amide bonds. The SMILES string of the molecule is Bc1ccc(CCl)cc1.O.O. The zero-order valence-corrected chi connectivity index (χ0v) is 7.15. The molecule has 1 aromatic rings. The number of alkyl halides is 1. The largest absolute Gasteiger partial charge is 0.412 e. The van der Waals surface area contributed by atoms with Gasteiger partial charge in [0.05, 0.1) is 0 Å². The van der Waals surface area contributed by atoms with E-state index in [2.05, 4.69) is 20.0 Å². The minimum atomic E-state index is 0. The van der Waals surface area contributed by atoms with E-state index in [9.17, 15) is 0 Å². The van der Waals surface area contributed by atoms with E-state index in [1.165, 1.54) is 11.0 Å². The molecule has 0 aliphatic carbocycles. The minimum absolute atomic E-state index is 0.